The zero-order chi connectivity index (χ0) is 13.9. The van der Waals surface area contributed by atoms with Gasteiger partial charge in [-0.3, -0.25) is 4.79 Å². The molecule has 1 amide bonds. The molecule has 0 radical (unpaired) electrons. The van der Waals surface area contributed by atoms with E-state index in [0.29, 0.717) is 0 Å². The summed E-state index contributed by atoms with van der Waals surface area (Å²) in [6.07, 6.45) is 1.79. The third kappa shape index (κ3) is 2.46. The van der Waals surface area contributed by atoms with Gasteiger partial charge in [-0.2, -0.15) is 0 Å². The molecule has 0 atom stereocenters. The van der Waals surface area contributed by atoms with Crippen molar-refractivity contribution < 1.29 is 4.79 Å². The monoisotopic (exact) mass is 269 g/mol. The fourth-order valence-electron chi connectivity index (χ4n) is 2.81. The molecule has 1 aromatic carbocycles. The van der Waals surface area contributed by atoms with E-state index in [-0.39, 0.29) is 11.8 Å². The molecule has 1 aliphatic rings. The van der Waals surface area contributed by atoms with Gasteiger partial charge in [0.05, 0.1) is 5.52 Å². The molecule has 1 saturated heterocycles. The summed E-state index contributed by atoms with van der Waals surface area (Å²) in [5.41, 5.74) is 1.03. The number of nitrogens with zero attached hydrogens (tertiary/aromatic N) is 2. The number of rotatable bonds is 2. The van der Waals surface area contributed by atoms with Gasteiger partial charge in [-0.05, 0) is 31.0 Å². The molecular formula is C16H19N3O. The van der Waals surface area contributed by atoms with E-state index in [2.05, 4.69) is 28.4 Å². The fourth-order valence-corrected chi connectivity index (χ4v) is 2.81. The van der Waals surface area contributed by atoms with E-state index in [1.54, 1.807) is 7.05 Å². The van der Waals surface area contributed by atoms with E-state index >= 15 is 0 Å². The van der Waals surface area contributed by atoms with Crippen LogP contribution in [0.25, 0.3) is 10.9 Å². The van der Waals surface area contributed by atoms with Gasteiger partial charge < -0.3 is 10.2 Å². The number of amides is 1. The maximum absolute atomic E-state index is 11.6. The van der Waals surface area contributed by atoms with E-state index in [0.717, 1.165) is 42.7 Å². The second-order valence-electron chi connectivity index (χ2n) is 5.24. The smallest absolute Gasteiger partial charge is 0.222 e. The second-order valence-corrected chi connectivity index (χ2v) is 5.24. The molecule has 1 aliphatic heterocycles. The van der Waals surface area contributed by atoms with Crippen LogP contribution < -0.4 is 10.2 Å². The van der Waals surface area contributed by atoms with Crippen molar-refractivity contribution in [1.29, 1.82) is 0 Å². The topological polar surface area (TPSA) is 45.2 Å². The van der Waals surface area contributed by atoms with Crippen molar-refractivity contribution in [3.63, 3.8) is 0 Å². The Morgan fingerprint density at radius 1 is 1.20 bits per heavy atom. The number of hydrogen-bond acceptors (Lipinski definition) is 3. The normalized spacial score (nSPS) is 16.4. The first-order chi connectivity index (χ1) is 9.78. The van der Waals surface area contributed by atoms with Gasteiger partial charge in [0.1, 0.15) is 5.82 Å². The molecule has 0 saturated carbocycles. The van der Waals surface area contributed by atoms with Crippen molar-refractivity contribution in [3.8, 4) is 0 Å². The fraction of sp³-hybridized carbons (Fsp3) is 0.375. The lowest BCUT2D eigenvalue weighted by Gasteiger charge is -2.32. The van der Waals surface area contributed by atoms with Crippen LogP contribution in [0.4, 0.5) is 5.82 Å². The molecule has 2 aromatic rings. The van der Waals surface area contributed by atoms with Crippen LogP contribution in [-0.2, 0) is 4.79 Å². The molecule has 3 rings (SSSR count). The van der Waals surface area contributed by atoms with Gasteiger partial charge in [-0.15, -0.1) is 0 Å². The minimum absolute atomic E-state index is 0.150. The van der Waals surface area contributed by atoms with Crippen LogP contribution in [0, 0.1) is 5.92 Å². The van der Waals surface area contributed by atoms with Crippen LogP contribution in [0.2, 0.25) is 0 Å². The molecule has 0 unspecified atom stereocenters. The number of anilines is 1. The van der Waals surface area contributed by atoms with Crippen LogP contribution >= 0.6 is 0 Å². The van der Waals surface area contributed by atoms with Crippen LogP contribution in [0.3, 0.4) is 0 Å². The maximum Gasteiger partial charge on any atom is 0.222 e. The summed E-state index contributed by atoms with van der Waals surface area (Å²) < 4.78 is 0. The number of nitrogens with one attached hydrogen (secondary N) is 1. The molecule has 20 heavy (non-hydrogen) atoms. The van der Waals surface area contributed by atoms with Gasteiger partial charge >= 0.3 is 0 Å². The predicted octanol–water partition coefficient (Wildman–Crippen LogP) is 2.20. The predicted molar refractivity (Wildman–Crippen MR) is 80.7 cm³/mol. The van der Waals surface area contributed by atoms with Gasteiger partial charge in [0.25, 0.3) is 0 Å². The average molecular weight is 269 g/mol. The highest BCUT2D eigenvalue weighted by Gasteiger charge is 2.24. The maximum atomic E-state index is 11.6. The number of piperidine rings is 1. The molecule has 4 heteroatoms. The van der Waals surface area contributed by atoms with Crippen molar-refractivity contribution in [2.24, 2.45) is 5.92 Å². The minimum Gasteiger partial charge on any atom is -0.359 e. The molecule has 1 aromatic heterocycles. The summed E-state index contributed by atoms with van der Waals surface area (Å²) in [5, 5.41) is 3.90. The van der Waals surface area contributed by atoms with Crippen LogP contribution in [0.1, 0.15) is 12.8 Å². The number of carbonyl (C=O) groups excluding carboxylic acids is 1. The Morgan fingerprint density at radius 3 is 2.70 bits per heavy atom. The first-order valence-electron chi connectivity index (χ1n) is 7.10. The molecule has 2 heterocycles. The molecule has 1 fully saturated rings. The lowest BCUT2D eigenvalue weighted by molar-refractivity contribution is -0.125. The summed E-state index contributed by atoms with van der Waals surface area (Å²) >= 11 is 0. The van der Waals surface area contributed by atoms with Gasteiger partial charge in [-0.25, -0.2) is 4.98 Å². The lowest BCUT2D eigenvalue weighted by atomic mass is 9.96. The van der Waals surface area contributed by atoms with E-state index in [1.807, 2.05) is 18.2 Å². The van der Waals surface area contributed by atoms with E-state index < -0.39 is 0 Å². The van der Waals surface area contributed by atoms with Crippen molar-refractivity contribution in [3.05, 3.63) is 36.4 Å². The molecule has 0 spiro atoms. The van der Waals surface area contributed by atoms with Gasteiger partial charge in [0, 0.05) is 31.4 Å². The largest absolute Gasteiger partial charge is 0.359 e. The third-order valence-corrected chi connectivity index (χ3v) is 4.02. The summed E-state index contributed by atoms with van der Waals surface area (Å²) in [6.45, 7) is 1.78. The molecule has 4 nitrogen and oxygen atoms in total. The summed E-state index contributed by atoms with van der Waals surface area (Å²) in [4.78, 5) is 18.6. The number of carbonyl (C=O) groups is 1. The van der Waals surface area contributed by atoms with Gasteiger partial charge in [0.15, 0.2) is 0 Å². The first-order valence-corrected chi connectivity index (χ1v) is 7.10. The third-order valence-electron chi connectivity index (χ3n) is 4.02. The number of para-hydroxylation sites is 1. The number of aromatic nitrogens is 1. The Balaban J connectivity index is 1.75. The molecular weight excluding hydrogens is 250 g/mol. The minimum atomic E-state index is 0.150. The van der Waals surface area contributed by atoms with E-state index in [1.165, 1.54) is 0 Å². The first kappa shape index (κ1) is 12.9. The summed E-state index contributed by atoms with van der Waals surface area (Å²) in [7, 11) is 1.71. The number of pyridine rings is 1. The van der Waals surface area contributed by atoms with Gasteiger partial charge in [-0.1, -0.05) is 18.2 Å². The Morgan fingerprint density at radius 2 is 1.95 bits per heavy atom. The van der Waals surface area contributed by atoms with Crippen LogP contribution in [0.5, 0.6) is 0 Å². The molecule has 104 valence electrons. The summed E-state index contributed by atoms with van der Waals surface area (Å²) in [6, 6.07) is 12.3. The molecule has 0 bridgehead atoms. The highest BCUT2D eigenvalue weighted by Crippen LogP contribution is 2.24. The molecule has 1 N–H and O–H groups in total. The lowest BCUT2D eigenvalue weighted by Crippen LogP contribution is -2.39. The Labute approximate surface area is 118 Å². The quantitative estimate of drug-likeness (QED) is 0.909. The Kier molecular flexibility index (Phi) is 3.54. The zero-order valence-corrected chi connectivity index (χ0v) is 11.7. The zero-order valence-electron chi connectivity index (χ0n) is 11.7. The van der Waals surface area contributed by atoms with Crippen molar-refractivity contribution in [1.82, 2.24) is 10.3 Å². The van der Waals surface area contributed by atoms with Gasteiger partial charge in [0.2, 0.25) is 5.91 Å². The highest BCUT2D eigenvalue weighted by molar-refractivity contribution is 5.80. The van der Waals surface area contributed by atoms with E-state index in [9.17, 15) is 4.79 Å². The number of hydrogen-bond donors (Lipinski definition) is 1. The number of benzene rings is 1. The van der Waals surface area contributed by atoms with Crippen LogP contribution in [0.15, 0.2) is 36.4 Å². The summed E-state index contributed by atoms with van der Waals surface area (Å²) in [5.74, 6) is 1.33. The van der Waals surface area contributed by atoms with Crippen molar-refractivity contribution >= 4 is 22.6 Å². The second kappa shape index (κ2) is 5.49. The Hall–Kier alpha value is -2.10. The Bertz CT molecular complexity index is 618. The molecule has 0 aliphatic carbocycles. The highest BCUT2D eigenvalue weighted by atomic mass is 16.1. The van der Waals surface area contributed by atoms with Crippen molar-refractivity contribution in [2.75, 3.05) is 25.0 Å². The SMILES string of the molecule is CNC(=O)C1CCN(c2ccc3ccccc3n2)CC1. The van der Waals surface area contributed by atoms with Crippen LogP contribution in [-0.4, -0.2) is 31.0 Å². The standard InChI is InChI=1S/C16H19N3O/c1-17-16(20)13-8-10-19(11-9-13)15-7-6-12-4-2-3-5-14(12)18-15/h2-7,13H,8-11H2,1H3,(H,17,20). The van der Waals surface area contributed by atoms with Crippen molar-refractivity contribution in [2.45, 2.75) is 12.8 Å². The average Bonchev–Trinajstić information content (AvgIpc) is 2.54. The van der Waals surface area contributed by atoms with E-state index in [4.69, 9.17) is 4.98 Å². The number of fused-ring (bicyclic) bond motifs is 1.